The first-order valence-corrected chi connectivity index (χ1v) is 8.61. The standard InChI is InChI=1S/C20H17F6NO4/c1-29-15-5-2-13(3-6-15)4-7-18(28)27-14-8-16(30-11-19(21,22)23)10-17(9-14)31-12-20(24,25)26/h2-10H,11-12H2,1H3,(H,27,28). The second-order valence-corrected chi connectivity index (χ2v) is 6.10. The van der Waals surface area contributed by atoms with E-state index in [1.54, 1.807) is 24.3 Å². The van der Waals surface area contributed by atoms with Crippen molar-refractivity contribution in [3.05, 3.63) is 54.1 Å². The van der Waals surface area contributed by atoms with Crippen molar-refractivity contribution < 1.29 is 45.3 Å². The number of halogens is 6. The fourth-order valence-corrected chi connectivity index (χ4v) is 2.21. The van der Waals surface area contributed by atoms with Crippen molar-refractivity contribution in [2.75, 3.05) is 25.6 Å². The summed E-state index contributed by atoms with van der Waals surface area (Å²) in [5.41, 5.74) is 0.550. The fourth-order valence-electron chi connectivity index (χ4n) is 2.21. The molecule has 168 valence electrons. The third-order valence-electron chi connectivity index (χ3n) is 3.50. The van der Waals surface area contributed by atoms with E-state index in [9.17, 15) is 31.1 Å². The minimum Gasteiger partial charge on any atom is -0.497 e. The van der Waals surface area contributed by atoms with E-state index in [0.717, 1.165) is 24.3 Å². The molecule has 0 aliphatic rings. The van der Waals surface area contributed by atoms with Crippen molar-refractivity contribution in [2.24, 2.45) is 0 Å². The molecule has 2 aromatic carbocycles. The zero-order valence-corrected chi connectivity index (χ0v) is 16.0. The Balaban J connectivity index is 2.13. The van der Waals surface area contributed by atoms with Gasteiger partial charge in [0.25, 0.3) is 0 Å². The zero-order valence-electron chi connectivity index (χ0n) is 16.0. The largest absolute Gasteiger partial charge is 0.497 e. The van der Waals surface area contributed by atoms with Crippen LogP contribution in [0.1, 0.15) is 5.56 Å². The van der Waals surface area contributed by atoms with Gasteiger partial charge in [0.1, 0.15) is 17.2 Å². The molecule has 1 amide bonds. The first kappa shape index (κ1) is 23.9. The normalized spacial score (nSPS) is 12.0. The Morgan fingerprint density at radius 2 is 1.39 bits per heavy atom. The molecule has 5 nitrogen and oxygen atoms in total. The van der Waals surface area contributed by atoms with Crippen LogP contribution in [-0.2, 0) is 4.79 Å². The first-order valence-electron chi connectivity index (χ1n) is 8.61. The highest BCUT2D eigenvalue weighted by molar-refractivity contribution is 6.02. The molecular formula is C20H17F6NO4. The number of carbonyl (C=O) groups excluding carboxylic acids is 1. The van der Waals surface area contributed by atoms with Crippen LogP contribution in [0.2, 0.25) is 0 Å². The molecule has 0 aliphatic heterocycles. The molecular weight excluding hydrogens is 432 g/mol. The van der Waals surface area contributed by atoms with Crippen LogP contribution in [0, 0.1) is 0 Å². The smallest absolute Gasteiger partial charge is 0.422 e. The molecule has 0 bridgehead atoms. The number of ether oxygens (including phenoxy) is 3. The lowest BCUT2D eigenvalue weighted by atomic mass is 10.2. The van der Waals surface area contributed by atoms with Crippen LogP contribution in [0.3, 0.4) is 0 Å². The second-order valence-electron chi connectivity index (χ2n) is 6.10. The highest BCUT2D eigenvalue weighted by Crippen LogP contribution is 2.29. The molecule has 2 rings (SSSR count). The maximum absolute atomic E-state index is 12.4. The number of anilines is 1. The summed E-state index contributed by atoms with van der Waals surface area (Å²) >= 11 is 0. The van der Waals surface area contributed by atoms with Gasteiger partial charge in [-0.3, -0.25) is 4.79 Å². The van der Waals surface area contributed by atoms with Crippen molar-refractivity contribution in [2.45, 2.75) is 12.4 Å². The Kier molecular flexibility index (Phi) is 7.78. The van der Waals surface area contributed by atoms with E-state index < -0.39 is 43.0 Å². The second kappa shape index (κ2) is 10.1. The molecule has 2 aromatic rings. The van der Waals surface area contributed by atoms with Crippen LogP contribution in [-0.4, -0.2) is 38.6 Å². The topological polar surface area (TPSA) is 56.8 Å². The summed E-state index contributed by atoms with van der Waals surface area (Å²) in [6.45, 7) is -3.33. The number of hydrogen-bond acceptors (Lipinski definition) is 4. The van der Waals surface area contributed by atoms with Gasteiger partial charge in [-0.15, -0.1) is 0 Å². The van der Waals surface area contributed by atoms with Gasteiger partial charge in [0.05, 0.1) is 7.11 Å². The molecule has 0 fully saturated rings. The lowest BCUT2D eigenvalue weighted by molar-refractivity contribution is -0.153. The molecule has 0 atom stereocenters. The van der Waals surface area contributed by atoms with Gasteiger partial charge in [-0.2, -0.15) is 26.3 Å². The Bertz CT molecular complexity index is 871. The van der Waals surface area contributed by atoms with E-state index in [2.05, 4.69) is 14.8 Å². The summed E-state index contributed by atoms with van der Waals surface area (Å²) in [4.78, 5) is 12.1. The molecule has 0 spiro atoms. The predicted molar refractivity (Wildman–Crippen MR) is 100 cm³/mol. The summed E-state index contributed by atoms with van der Waals surface area (Å²) in [5.74, 6) is -0.910. The summed E-state index contributed by atoms with van der Waals surface area (Å²) in [7, 11) is 1.50. The van der Waals surface area contributed by atoms with Gasteiger partial charge >= 0.3 is 12.4 Å². The van der Waals surface area contributed by atoms with Crippen molar-refractivity contribution in [3.63, 3.8) is 0 Å². The molecule has 0 heterocycles. The van der Waals surface area contributed by atoms with Gasteiger partial charge in [0.2, 0.25) is 5.91 Å². The molecule has 0 saturated carbocycles. The summed E-state index contributed by atoms with van der Waals surface area (Å²) in [5, 5.41) is 2.34. The monoisotopic (exact) mass is 449 g/mol. The highest BCUT2D eigenvalue weighted by atomic mass is 19.4. The van der Waals surface area contributed by atoms with Crippen LogP contribution in [0.4, 0.5) is 32.0 Å². The number of hydrogen-bond donors (Lipinski definition) is 1. The molecule has 11 heteroatoms. The molecule has 0 saturated heterocycles. The maximum Gasteiger partial charge on any atom is 0.422 e. The Morgan fingerprint density at radius 1 is 0.871 bits per heavy atom. The van der Waals surface area contributed by atoms with E-state index in [0.29, 0.717) is 11.3 Å². The molecule has 0 unspecified atom stereocenters. The third-order valence-corrected chi connectivity index (χ3v) is 3.50. The average molecular weight is 449 g/mol. The van der Waals surface area contributed by atoms with Gasteiger partial charge in [-0.25, -0.2) is 0 Å². The van der Waals surface area contributed by atoms with Crippen molar-refractivity contribution in [1.82, 2.24) is 0 Å². The van der Waals surface area contributed by atoms with E-state index >= 15 is 0 Å². The lowest BCUT2D eigenvalue weighted by Crippen LogP contribution is -2.20. The number of benzene rings is 2. The van der Waals surface area contributed by atoms with E-state index in [1.165, 1.54) is 13.2 Å². The minimum absolute atomic E-state index is 0.110. The van der Waals surface area contributed by atoms with Gasteiger partial charge < -0.3 is 19.5 Å². The summed E-state index contributed by atoms with van der Waals surface area (Å²) in [6.07, 6.45) is -6.72. The van der Waals surface area contributed by atoms with Gasteiger partial charge in [0, 0.05) is 30.0 Å². The van der Waals surface area contributed by atoms with Gasteiger partial charge in [-0.05, 0) is 23.8 Å². The lowest BCUT2D eigenvalue weighted by Gasteiger charge is -2.14. The number of carbonyl (C=O) groups is 1. The predicted octanol–water partition coefficient (Wildman–Crippen LogP) is 5.23. The SMILES string of the molecule is COc1ccc(C=CC(=O)Nc2cc(OCC(F)(F)F)cc(OCC(F)(F)F)c2)cc1. The minimum atomic E-state index is -4.66. The Labute approximate surface area is 173 Å². The summed E-state index contributed by atoms with van der Waals surface area (Å²) < 4.78 is 88.4. The highest BCUT2D eigenvalue weighted by Gasteiger charge is 2.30. The number of methoxy groups -OCH3 is 1. The van der Waals surface area contributed by atoms with Crippen molar-refractivity contribution in [1.29, 1.82) is 0 Å². The Morgan fingerprint density at radius 3 is 1.84 bits per heavy atom. The molecule has 0 aliphatic carbocycles. The van der Waals surface area contributed by atoms with Crippen molar-refractivity contribution >= 4 is 17.7 Å². The number of amides is 1. The molecule has 0 radical (unpaired) electrons. The third kappa shape index (κ3) is 9.32. The first-order chi connectivity index (χ1) is 14.4. The van der Waals surface area contributed by atoms with Gasteiger partial charge in [0.15, 0.2) is 13.2 Å². The summed E-state index contributed by atoms with van der Waals surface area (Å²) in [6, 6.07) is 9.62. The van der Waals surface area contributed by atoms with E-state index in [-0.39, 0.29) is 5.69 Å². The van der Waals surface area contributed by atoms with Crippen molar-refractivity contribution in [3.8, 4) is 17.2 Å². The molecule has 31 heavy (non-hydrogen) atoms. The fraction of sp³-hybridized carbons (Fsp3) is 0.250. The molecule has 1 N–H and O–H groups in total. The number of alkyl halides is 6. The average Bonchev–Trinajstić information content (AvgIpc) is 2.68. The molecule has 0 aromatic heterocycles. The van der Waals surface area contributed by atoms with Crippen LogP contribution >= 0.6 is 0 Å². The van der Waals surface area contributed by atoms with Crippen LogP contribution in [0.5, 0.6) is 17.2 Å². The number of rotatable bonds is 8. The zero-order chi connectivity index (χ0) is 23.1. The van der Waals surface area contributed by atoms with Gasteiger partial charge in [-0.1, -0.05) is 12.1 Å². The quantitative estimate of drug-likeness (QED) is 0.443. The Hall–Kier alpha value is -3.37. The maximum atomic E-state index is 12.4. The van der Waals surface area contributed by atoms with Crippen LogP contribution in [0.15, 0.2) is 48.5 Å². The van der Waals surface area contributed by atoms with Crippen LogP contribution < -0.4 is 19.5 Å². The number of nitrogens with one attached hydrogen (secondary N) is 1. The van der Waals surface area contributed by atoms with E-state index in [1.807, 2.05) is 0 Å². The van der Waals surface area contributed by atoms with E-state index in [4.69, 9.17) is 4.74 Å². The van der Waals surface area contributed by atoms with Crippen LogP contribution in [0.25, 0.3) is 6.08 Å².